The summed E-state index contributed by atoms with van der Waals surface area (Å²) in [7, 11) is 0. The Balaban J connectivity index is 2.04. The third kappa shape index (κ3) is 2.46. The largest absolute Gasteiger partial charge is 0.508 e. The number of aliphatic hydroxyl groups is 1. The fourth-order valence-corrected chi connectivity index (χ4v) is 3.19. The van der Waals surface area contributed by atoms with Crippen LogP contribution < -0.4 is 4.74 Å². The van der Waals surface area contributed by atoms with E-state index in [1.54, 1.807) is 48.6 Å². The molecule has 0 aromatic heterocycles. The van der Waals surface area contributed by atoms with E-state index in [2.05, 4.69) is 0 Å². The zero-order valence-corrected chi connectivity index (χ0v) is 13.0. The zero-order chi connectivity index (χ0) is 17.6. The van der Waals surface area contributed by atoms with E-state index in [0.29, 0.717) is 22.4 Å². The fourth-order valence-electron chi connectivity index (χ4n) is 3.19. The van der Waals surface area contributed by atoms with Gasteiger partial charge in [-0.15, -0.1) is 0 Å². The predicted molar refractivity (Wildman–Crippen MR) is 91.8 cm³/mol. The predicted octanol–water partition coefficient (Wildman–Crippen LogP) is 3.67. The van der Waals surface area contributed by atoms with Crippen molar-refractivity contribution in [1.29, 1.82) is 0 Å². The van der Waals surface area contributed by atoms with Gasteiger partial charge in [0.2, 0.25) is 0 Å². The molecule has 1 unspecified atom stereocenters. The number of carboxylic acid groups (broad SMARTS) is 1. The van der Waals surface area contributed by atoms with E-state index in [0.717, 1.165) is 5.57 Å². The maximum atomic E-state index is 11.7. The first-order valence-electron chi connectivity index (χ1n) is 7.70. The number of ether oxygens (including phenoxy) is 1. The summed E-state index contributed by atoms with van der Waals surface area (Å²) in [5.74, 6) is -0.468. The van der Waals surface area contributed by atoms with Crippen molar-refractivity contribution in [3.63, 3.8) is 0 Å². The zero-order valence-electron chi connectivity index (χ0n) is 13.0. The number of allylic oxidation sites excluding steroid dienone is 1. The lowest BCUT2D eigenvalue weighted by Crippen LogP contribution is -2.25. The van der Waals surface area contributed by atoms with E-state index < -0.39 is 12.1 Å². The molecule has 1 heterocycles. The highest BCUT2D eigenvalue weighted by molar-refractivity contribution is 5.99. The first-order valence-corrected chi connectivity index (χ1v) is 7.70. The summed E-state index contributed by atoms with van der Waals surface area (Å²) < 4.78 is 5.89. The highest BCUT2D eigenvalue weighted by atomic mass is 16.5. The van der Waals surface area contributed by atoms with Gasteiger partial charge >= 0.3 is 5.97 Å². The summed E-state index contributed by atoms with van der Waals surface area (Å²) in [4.78, 5) is 11.7. The van der Waals surface area contributed by atoms with Crippen LogP contribution in [0.15, 0.2) is 72.0 Å². The van der Waals surface area contributed by atoms with Crippen molar-refractivity contribution in [1.82, 2.24) is 0 Å². The number of phenols is 1. The number of aliphatic hydroxyl groups excluding tert-OH is 1. The van der Waals surface area contributed by atoms with E-state index in [1.807, 2.05) is 0 Å². The number of phenolic OH excluding ortho intramolecular Hbond substituents is 1. The molecule has 1 aliphatic carbocycles. The number of aromatic carboxylic acids is 1. The molecule has 0 fully saturated rings. The van der Waals surface area contributed by atoms with Crippen molar-refractivity contribution < 1.29 is 24.9 Å². The topological polar surface area (TPSA) is 87.0 Å². The van der Waals surface area contributed by atoms with Crippen LogP contribution in [-0.4, -0.2) is 27.4 Å². The molecule has 3 N–H and O–H groups in total. The molecule has 0 bridgehead atoms. The first-order chi connectivity index (χ1) is 12.0. The van der Waals surface area contributed by atoms with Gasteiger partial charge in [-0.25, -0.2) is 4.79 Å². The Labute approximate surface area is 143 Å². The number of aromatic hydroxyl groups is 1. The average molecular weight is 334 g/mol. The molecule has 124 valence electrons. The molecule has 0 radical (unpaired) electrons. The number of carbonyl (C=O) groups is 1. The van der Waals surface area contributed by atoms with Gasteiger partial charge in [0.25, 0.3) is 0 Å². The van der Waals surface area contributed by atoms with Crippen LogP contribution in [0, 0.1) is 0 Å². The van der Waals surface area contributed by atoms with Crippen LogP contribution in [-0.2, 0) is 0 Å². The van der Waals surface area contributed by atoms with Gasteiger partial charge in [0.15, 0.2) is 0 Å². The molecule has 5 heteroatoms. The summed E-state index contributed by atoms with van der Waals surface area (Å²) in [5, 5.41) is 29.1. The van der Waals surface area contributed by atoms with Crippen LogP contribution >= 0.6 is 0 Å². The Morgan fingerprint density at radius 3 is 2.60 bits per heavy atom. The lowest BCUT2D eigenvalue weighted by atomic mass is 9.84. The molecule has 2 aliphatic rings. The first kappa shape index (κ1) is 15.1. The highest BCUT2D eigenvalue weighted by Gasteiger charge is 2.30. The van der Waals surface area contributed by atoms with Gasteiger partial charge in [0, 0.05) is 28.9 Å². The van der Waals surface area contributed by atoms with Crippen molar-refractivity contribution in [3.8, 4) is 11.5 Å². The van der Waals surface area contributed by atoms with Crippen molar-refractivity contribution in [2.24, 2.45) is 0 Å². The number of hydrogen-bond donors (Lipinski definition) is 3. The smallest absolute Gasteiger partial charge is 0.336 e. The minimum absolute atomic E-state index is 0.0487. The molecule has 0 saturated heterocycles. The van der Waals surface area contributed by atoms with E-state index in [4.69, 9.17) is 4.74 Å². The van der Waals surface area contributed by atoms with Crippen molar-refractivity contribution in [2.45, 2.75) is 6.10 Å². The second-order valence-electron chi connectivity index (χ2n) is 5.82. The van der Waals surface area contributed by atoms with Gasteiger partial charge in [-0.3, -0.25) is 0 Å². The lowest BCUT2D eigenvalue weighted by Gasteiger charge is -2.30. The summed E-state index contributed by atoms with van der Waals surface area (Å²) in [6, 6.07) is 11.5. The van der Waals surface area contributed by atoms with Crippen molar-refractivity contribution in [3.05, 3.63) is 88.7 Å². The summed E-state index contributed by atoms with van der Waals surface area (Å²) in [6.45, 7) is 0. The van der Waals surface area contributed by atoms with Crippen LogP contribution in [0.4, 0.5) is 0 Å². The van der Waals surface area contributed by atoms with E-state index in [9.17, 15) is 20.1 Å². The maximum Gasteiger partial charge on any atom is 0.336 e. The molecule has 2 aromatic carbocycles. The molecule has 1 atom stereocenters. The quantitative estimate of drug-likeness (QED) is 0.780. The lowest BCUT2D eigenvalue weighted by molar-refractivity contribution is 0.0696. The molecule has 1 aliphatic heterocycles. The van der Waals surface area contributed by atoms with Gasteiger partial charge in [0.05, 0.1) is 5.56 Å². The Morgan fingerprint density at radius 2 is 1.80 bits per heavy atom. The van der Waals surface area contributed by atoms with Gasteiger partial charge in [-0.05, 0) is 29.8 Å². The van der Waals surface area contributed by atoms with Crippen LogP contribution in [0.2, 0.25) is 0 Å². The van der Waals surface area contributed by atoms with E-state index in [1.165, 1.54) is 12.1 Å². The second kappa shape index (κ2) is 5.56. The minimum atomic E-state index is -1.02. The van der Waals surface area contributed by atoms with Gasteiger partial charge < -0.3 is 20.1 Å². The Morgan fingerprint density at radius 1 is 1.00 bits per heavy atom. The number of benzene rings is 2. The van der Waals surface area contributed by atoms with Crippen molar-refractivity contribution >= 4 is 11.5 Å². The molecule has 4 rings (SSSR count). The summed E-state index contributed by atoms with van der Waals surface area (Å²) >= 11 is 0. The Kier molecular flexibility index (Phi) is 3.35. The molecular formula is C20H14O5. The van der Waals surface area contributed by atoms with Crippen LogP contribution in [0.25, 0.3) is 5.57 Å². The normalized spacial score (nSPS) is 18.1. The Bertz CT molecular complexity index is 981. The van der Waals surface area contributed by atoms with E-state index >= 15 is 0 Å². The summed E-state index contributed by atoms with van der Waals surface area (Å²) in [5.41, 5.74) is 2.90. The highest BCUT2D eigenvalue weighted by Crippen LogP contribution is 2.44. The average Bonchev–Trinajstić information content (AvgIpc) is 2.59. The summed E-state index contributed by atoms with van der Waals surface area (Å²) in [6.07, 6.45) is 4.26. The van der Waals surface area contributed by atoms with Gasteiger partial charge in [-0.2, -0.15) is 0 Å². The number of hydrogen-bond acceptors (Lipinski definition) is 4. The van der Waals surface area contributed by atoms with Crippen LogP contribution in [0.1, 0.15) is 21.5 Å². The minimum Gasteiger partial charge on any atom is -0.508 e. The fraction of sp³-hybridized carbons (Fsp3) is 0.0500. The molecule has 5 nitrogen and oxygen atoms in total. The molecule has 2 aromatic rings. The van der Waals surface area contributed by atoms with Crippen molar-refractivity contribution in [2.75, 3.05) is 0 Å². The standard InChI is InChI=1S/C20H14O5/c21-11-5-7-15-17(9-11)25-18-10-12(22)6-8-16(18)19(15)13-3-1-2-4-14(13)20(23)24/h1-10,17,21-22H,(H,23,24). The molecule has 25 heavy (non-hydrogen) atoms. The molecule has 0 amide bonds. The Hall–Kier alpha value is -3.47. The number of rotatable bonds is 2. The number of carboxylic acids is 1. The number of fused-ring (bicyclic) bond motifs is 2. The molecular weight excluding hydrogens is 320 g/mol. The van der Waals surface area contributed by atoms with E-state index in [-0.39, 0.29) is 17.1 Å². The third-order valence-corrected chi connectivity index (χ3v) is 4.27. The maximum absolute atomic E-state index is 11.7. The molecule has 0 saturated carbocycles. The second-order valence-corrected chi connectivity index (χ2v) is 5.82. The van der Waals surface area contributed by atoms with Crippen LogP contribution in [0.5, 0.6) is 11.5 Å². The van der Waals surface area contributed by atoms with Gasteiger partial charge in [0.1, 0.15) is 23.4 Å². The van der Waals surface area contributed by atoms with Crippen LogP contribution in [0.3, 0.4) is 0 Å². The monoisotopic (exact) mass is 334 g/mol. The third-order valence-electron chi connectivity index (χ3n) is 4.27. The SMILES string of the molecule is O=C(O)c1ccccc1C1=C2C=CC(O)=CC2Oc2cc(O)ccc21. The molecule has 0 spiro atoms. The van der Waals surface area contributed by atoms with Gasteiger partial charge in [-0.1, -0.05) is 24.3 Å².